The van der Waals surface area contributed by atoms with Gasteiger partial charge in [0.1, 0.15) is 9.84 Å². The molecule has 4 atom stereocenters. The summed E-state index contributed by atoms with van der Waals surface area (Å²) in [5.41, 5.74) is 5.49. The molecule has 0 aromatic carbocycles. The monoisotopic (exact) mass is 288 g/mol. The third-order valence-electron chi connectivity index (χ3n) is 4.65. The topological polar surface area (TPSA) is 89.3 Å². The predicted octanol–water partition coefficient (Wildman–Crippen LogP) is 0.443. The van der Waals surface area contributed by atoms with Crippen LogP contribution in [0.25, 0.3) is 0 Å². The van der Waals surface area contributed by atoms with Crippen molar-refractivity contribution in [2.24, 2.45) is 17.6 Å². The number of hydrogen-bond donors (Lipinski definition) is 2. The summed E-state index contributed by atoms with van der Waals surface area (Å²) in [7, 11) is -2.98. The van der Waals surface area contributed by atoms with Gasteiger partial charge in [0.15, 0.2) is 0 Å². The fourth-order valence-electron chi connectivity index (χ4n) is 3.62. The van der Waals surface area contributed by atoms with Crippen LogP contribution in [0.4, 0.5) is 0 Å². The first-order valence-corrected chi connectivity index (χ1v) is 9.06. The minimum absolute atomic E-state index is 0.0656. The smallest absolute Gasteiger partial charge is 0.222 e. The van der Waals surface area contributed by atoms with E-state index in [0.717, 1.165) is 38.6 Å². The lowest BCUT2D eigenvalue weighted by atomic mass is 9.75. The number of carbonyl (C=O) groups is 1. The van der Waals surface area contributed by atoms with Gasteiger partial charge in [-0.1, -0.05) is 6.42 Å². The van der Waals surface area contributed by atoms with Crippen molar-refractivity contribution in [1.82, 2.24) is 5.32 Å². The average molecular weight is 288 g/mol. The molecule has 0 aromatic rings. The van der Waals surface area contributed by atoms with Crippen LogP contribution >= 0.6 is 0 Å². The summed E-state index contributed by atoms with van der Waals surface area (Å²) in [6.07, 6.45) is 6.45. The second-order valence-corrected chi connectivity index (χ2v) is 8.33. The van der Waals surface area contributed by atoms with Crippen molar-refractivity contribution in [1.29, 1.82) is 0 Å². The van der Waals surface area contributed by atoms with E-state index in [9.17, 15) is 13.2 Å². The first-order chi connectivity index (χ1) is 8.89. The van der Waals surface area contributed by atoms with Crippen LogP contribution in [0.1, 0.15) is 38.5 Å². The van der Waals surface area contributed by atoms with Gasteiger partial charge in [0.2, 0.25) is 5.91 Å². The zero-order chi connectivity index (χ0) is 14.0. The van der Waals surface area contributed by atoms with Crippen LogP contribution in [0.3, 0.4) is 0 Å². The zero-order valence-electron chi connectivity index (χ0n) is 11.5. The molecule has 1 heterocycles. The van der Waals surface area contributed by atoms with Crippen LogP contribution in [0, 0.1) is 11.8 Å². The van der Waals surface area contributed by atoms with Gasteiger partial charge in [-0.15, -0.1) is 0 Å². The minimum Gasteiger partial charge on any atom is -0.369 e. The highest BCUT2D eigenvalue weighted by atomic mass is 32.2. The van der Waals surface area contributed by atoms with Gasteiger partial charge in [-0.3, -0.25) is 4.79 Å². The molecule has 0 radical (unpaired) electrons. The summed E-state index contributed by atoms with van der Waals surface area (Å²) in [6.45, 7) is 0.897. The minimum atomic E-state index is -2.98. The molecule has 6 heteroatoms. The number of nitrogens with one attached hydrogen (secondary N) is 1. The molecule has 4 unspecified atom stereocenters. The van der Waals surface area contributed by atoms with Crippen LogP contribution < -0.4 is 11.1 Å². The Morgan fingerprint density at radius 2 is 1.95 bits per heavy atom. The second kappa shape index (κ2) is 5.79. The summed E-state index contributed by atoms with van der Waals surface area (Å²) >= 11 is 0. The molecule has 1 saturated heterocycles. The van der Waals surface area contributed by atoms with Gasteiger partial charge in [0.05, 0.1) is 11.2 Å². The molecule has 19 heavy (non-hydrogen) atoms. The summed E-state index contributed by atoms with van der Waals surface area (Å²) in [5.74, 6) is -0.137. The van der Waals surface area contributed by atoms with Crippen molar-refractivity contribution in [2.45, 2.75) is 49.8 Å². The van der Waals surface area contributed by atoms with Crippen molar-refractivity contribution in [3.8, 4) is 0 Å². The van der Waals surface area contributed by atoms with E-state index in [1.54, 1.807) is 0 Å². The zero-order valence-corrected chi connectivity index (χ0v) is 12.3. The van der Waals surface area contributed by atoms with Crippen LogP contribution in [0.15, 0.2) is 0 Å². The number of hydrogen-bond acceptors (Lipinski definition) is 4. The fraction of sp³-hybridized carbons (Fsp3) is 0.923. The molecule has 2 rings (SSSR count). The van der Waals surface area contributed by atoms with Gasteiger partial charge in [-0.05, 0) is 44.6 Å². The van der Waals surface area contributed by atoms with Gasteiger partial charge in [-0.25, -0.2) is 8.42 Å². The van der Waals surface area contributed by atoms with E-state index >= 15 is 0 Å². The van der Waals surface area contributed by atoms with E-state index in [1.165, 1.54) is 6.26 Å². The molecular formula is C13H24N2O3S. The van der Waals surface area contributed by atoms with E-state index in [-0.39, 0.29) is 29.0 Å². The molecule has 110 valence electrons. The van der Waals surface area contributed by atoms with E-state index in [4.69, 9.17) is 5.73 Å². The Labute approximate surface area is 115 Å². The highest BCUT2D eigenvalue weighted by molar-refractivity contribution is 7.91. The highest BCUT2D eigenvalue weighted by Gasteiger charge is 2.39. The lowest BCUT2D eigenvalue weighted by Crippen LogP contribution is -2.52. The van der Waals surface area contributed by atoms with Gasteiger partial charge >= 0.3 is 0 Å². The summed E-state index contributed by atoms with van der Waals surface area (Å²) in [4.78, 5) is 11.5. The Morgan fingerprint density at radius 3 is 2.58 bits per heavy atom. The molecule has 0 spiro atoms. The molecule has 1 aliphatic carbocycles. The number of rotatable bonds is 3. The Kier molecular flexibility index (Phi) is 4.50. The predicted molar refractivity (Wildman–Crippen MR) is 74.3 cm³/mol. The van der Waals surface area contributed by atoms with Crippen LogP contribution in [0.5, 0.6) is 0 Å². The largest absolute Gasteiger partial charge is 0.369 e. The van der Waals surface area contributed by atoms with Gasteiger partial charge in [0, 0.05) is 12.3 Å². The van der Waals surface area contributed by atoms with E-state index in [0.29, 0.717) is 6.42 Å². The van der Waals surface area contributed by atoms with Crippen molar-refractivity contribution in [2.75, 3.05) is 12.8 Å². The lowest BCUT2D eigenvalue weighted by Gasteiger charge is -2.40. The molecule has 0 aromatic heterocycles. The molecule has 5 nitrogen and oxygen atoms in total. The molecule has 1 amide bonds. The maximum absolute atomic E-state index is 11.7. The number of primary amides is 1. The second-order valence-electron chi connectivity index (χ2n) is 6.01. The Hall–Kier alpha value is -0.620. The molecule has 3 N–H and O–H groups in total. The Balaban J connectivity index is 2.09. The lowest BCUT2D eigenvalue weighted by molar-refractivity contribution is -0.124. The van der Waals surface area contributed by atoms with Crippen LogP contribution in [-0.4, -0.2) is 38.4 Å². The standard InChI is InChI=1S/C13H24N2O3S/c1-19(17,18)10-5-2-4-9(8-10)12-11(13(14)16)6-3-7-15-12/h9-12,15H,2-8H2,1H3,(H2,14,16). The first-order valence-electron chi connectivity index (χ1n) is 7.11. The molecule has 2 fully saturated rings. The maximum atomic E-state index is 11.7. The summed E-state index contributed by atoms with van der Waals surface area (Å²) < 4.78 is 23.4. The van der Waals surface area contributed by atoms with E-state index < -0.39 is 9.84 Å². The van der Waals surface area contributed by atoms with Crippen molar-refractivity contribution in [3.05, 3.63) is 0 Å². The Bertz CT molecular complexity index is 435. The van der Waals surface area contributed by atoms with Crippen molar-refractivity contribution in [3.63, 3.8) is 0 Å². The third-order valence-corrected chi connectivity index (χ3v) is 6.29. The molecule has 1 aliphatic heterocycles. The quantitative estimate of drug-likeness (QED) is 0.789. The molecular weight excluding hydrogens is 264 g/mol. The first kappa shape index (κ1) is 14.8. The average Bonchev–Trinajstić information content (AvgIpc) is 2.38. The molecule has 2 aliphatic rings. The Morgan fingerprint density at radius 1 is 1.21 bits per heavy atom. The van der Waals surface area contributed by atoms with E-state index in [1.807, 2.05) is 0 Å². The highest BCUT2D eigenvalue weighted by Crippen LogP contribution is 2.35. The maximum Gasteiger partial charge on any atom is 0.222 e. The van der Waals surface area contributed by atoms with E-state index in [2.05, 4.69) is 5.32 Å². The SMILES string of the molecule is CS(=O)(=O)C1CCCC(C2NCCCC2C(N)=O)C1. The normalized spacial score (nSPS) is 36.9. The fourth-order valence-corrected chi connectivity index (χ4v) is 4.81. The van der Waals surface area contributed by atoms with Crippen LogP contribution in [-0.2, 0) is 14.6 Å². The van der Waals surface area contributed by atoms with Gasteiger partial charge in [-0.2, -0.15) is 0 Å². The van der Waals surface area contributed by atoms with Gasteiger partial charge in [0.25, 0.3) is 0 Å². The number of amides is 1. The number of nitrogens with two attached hydrogens (primary N) is 1. The number of piperidine rings is 1. The molecule has 0 bridgehead atoms. The van der Waals surface area contributed by atoms with Gasteiger partial charge < -0.3 is 11.1 Å². The summed E-state index contributed by atoms with van der Waals surface area (Å²) in [5, 5.41) is 3.15. The number of carbonyl (C=O) groups excluding carboxylic acids is 1. The van der Waals surface area contributed by atoms with Crippen molar-refractivity contribution >= 4 is 15.7 Å². The summed E-state index contributed by atoms with van der Waals surface area (Å²) in [6, 6.07) is 0.0656. The van der Waals surface area contributed by atoms with Crippen molar-refractivity contribution < 1.29 is 13.2 Å². The van der Waals surface area contributed by atoms with Crippen LogP contribution in [0.2, 0.25) is 0 Å². The number of sulfone groups is 1. The third kappa shape index (κ3) is 3.48. The molecule has 1 saturated carbocycles.